The largest absolute Gasteiger partial charge is 0.489 e. The van der Waals surface area contributed by atoms with Crippen molar-refractivity contribution in [2.24, 2.45) is 0 Å². The molecule has 0 aliphatic heterocycles. The van der Waals surface area contributed by atoms with E-state index in [1.165, 1.54) is 12.1 Å². The molecule has 0 aliphatic rings. The highest BCUT2D eigenvalue weighted by atomic mass is 35.5. The Morgan fingerprint density at radius 2 is 1.88 bits per heavy atom. The summed E-state index contributed by atoms with van der Waals surface area (Å²) in [6.07, 6.45) is 0. The van der Waals surface area contributed by atoms with E-state index in [1.54, 1.807) is 10.7 Å². The molecule has 0 unspecified atom stereocenters. The summed E-state index contributed by atoms with van der Waals surface area (Å²) in [6, 6.07) is 16.1. The van der Waals surface area contributed by atoms with E-state index in [-0.39, 0.29) is 12.4 Å². The van der Waals surface area contributed by atoms with Gasteiger partial charge in [0.1, 0.15) is 6.61 Å². The molecule has 0 saturated carbocycles. The molecular formula is C19H18ClFN2O2. The summed E-state index contributed by atoms with van der Waals surface area (Å²) >= 11 is 5.74. The topological polar surface area (TPSA) is 36.3 Å². The minimum absolute atomic E-state index is 0.165. The quantitative estimate of drug-likeness (QED) is 0.606. The predicted molar refractivity (Wildman–Crippen MR) is 95.7 cm³/mol. The van der Waals surface area contributed by atoms with Gasteiger partial charge in [0.2, 0.25) is 5.88 Å². The summed E-state index contributed by atoms with van der Waals surface area (Å²) in [5, 5.41) is 4.90. The van der Waals surface area contributed by atoms with Gasteiger partial charge in [-0.2, -0.15) is 5.10 Å². The second kappa shape index (κ2) is 8.03. The lowest BCUT2D eigenvalue weighted by Gasteiger charge is -2.10. The van der Waals surface area contributed by atoms with Crippen LogP contribution in [0, 0.1) is 5.82 Å². The first kappa shape index (κ1) is 17.3. The lowest BCUT2D eigenvalue weighted by atomic mass is 10.2. The minimum atomic E-state index is -0.483. The molecule has 1 heterocycles. The third-order valence-corrected chi connectivity index (χ3v) is 3.79. The van der Waals surface area contributed by atoms with Crippen LogP contribution in [0.1, 0.15) is 6.92 Å². The molecule has 0 amide bonds. The van der Waals surface area contributed by atoms with E-state index in [0.717, 1.165) is 11.3 Å². The number of ether oxygens (including phenoxy) is 2. The van der Waals surface area contributed by atoms with E-state index in [2.05, 4.69) is 5.10 Å². The van der Waals surface area contributed by atoms with Crippen LogP contribution in [0.4, 0.5) is 4.39 Å². The molecule has 0 spiro atoms. The van der Waals surface area contributed by atoms with Crippen LogP contribution in [0.3, 0.4) is 0 Å². The molecule has 6 heteroatoms. The predicted octanol–water partition coefficient (Wildman–Crippen LogP) is 4.82. The third-order valence-electron chi connectivity index (χ3n) is 3.56. The minimum Gasteiger partial charge on any atom is -0.489 e. The number of halogens is 2. The summed E-state index contributed by atoms with van der Waals surface area (Å²) in [5.74, 6) is 0.335. The summed E-state index contributed by atoms with van der Waals surface area (Å²) in [6.45, 7) is 3.14. The van der Waals surface area contributed by atoms with Crippen molar-refractivity contribution in [1.82, 2.24) is 9.78 Å². The third kappa shape index (κ3) is 4.31. The zero-order valence-electron chi connectivity index (χ0n) is 13.8. The van der Waals surface area contributed by atoms with Gasteiger partial charge in [0.25, 0.3) is 0 Å². The van der Waals surface area contributed by atoms with Crippen molar-refractivity contribution in [3.8, 4) is 22.9 Å². The first-order valence-corrected chi connectivity index (χ1v) is 8.39. The number of benzene rings is 2. The molecule has 3 aromatic rings. The van der Waals surface area contributed by atoms with Gasteiger partial charge in [-0.1, -0.05) is 41.9 Å². The van der Waals surface area contributed by atoms with Crippen molar-refractivity contribution in [1.29, 1.82) is 0 Å². The Bertz CT molecular complexity index is 837. The molecule has 130 valence electrons. The van der Waals surface area contributed by atoms with Gasteiger partial charge in [-0.15, -0.1) is 0 Å². The number of hydrogen-bond acceptors (Lipinski definition) is 3. The van der Waals surface area contributed by atoms with E-state index in [4.69, 9.17) is 21.1 Å². The van der Waals surface area contributed by atoms with Gasteiger partial charge in [0.05, 0.1) is 18.8 Å². The molecule has 0 N–H and O–H groups in total. The Morgan fingerprint density at radius 1 is 1.08 bits per heavy atom. The maximum absolute atomic E-state index is 13.7. The number of aromatic nitrogens is 2. The van der Waals surface area contributed by atoms with E-state index in [1.807, 2.05) is 43.3 Å². The molecular weight excluding hydrogens is 343 g/mol. The molecule has 0 fully saturated rings. The second-order valence-electron chi connectivity index (χ2n) is 5.31. The van der Waals surface area contributed by atoms with E-state index in [0.29, 0.717) is 24.1 Å². The first-order chi connectivity index (χ1) is 12.2. The van der Waals surface area contributed by atoms with Gasteiger partial charge in [-0.25, -0.2) is 9.07 Å². The zero-order chi connectivity index (χ0) is 17.6. The number of rotatable bonds is 7. The van der Waals surface area contributed by atoms with Gasteiger partial charge in [-0.3, -0.25) is 0 Å². The van der Waals surface area contributed by atoms with Crippen LogP contribution in [-0.4, -0.2) is 23.0 Å². The maximum Gasteiger partial charge on any atom is 0.212 e. The maximum atomic E-state index is 13.7. The van der Waals surface area contributed by atoms with Gasteiger partial charge in [0, 0.05) is 16.7 Å². The molecule has 3 rings (SSSR count). The van der Waals surface area contributed by atoms with Crippen molar-refractivity contribution in [2.75, 3.05) is 13.2 Å². The Hall–Kier alpha value is -2.53. The van der Waals surface area contributed by atoms with E-state index >= 15 is 0 Å². The second-order valence-corrected chi connectivity index (χ2v) is 5.75. The van der Waals surface area contributed by atoms with Crippen LogP contribution in [0.25, 0.3) is 11.3 Å². The Morgan fingerprint density at radius 3 is 2.60 bits per heavy atom. The highest BCUT2D eigenvalue weighted by molar-refractivity contribution is 6.30. The molecule has 1 aromatic heterocycles. The van der Waals surface area contributed by atoms with Crippen LogP contribution in [0.5, 0.6) is 11.6 Å². The fourth-order valence-electron chi connectivity index (χ4n) is 2.41. The molecule has 0 radical (unpaired) electrons. The summed E-state index contributed by atoms with van der Waals surface area (Å²) in [5.41, 5.74) is 1.83. The fourth-order valence-corrected chi connectivity index (χ4v) is 2.57. The molecule has 2 aromatic carbocycles. The van der Waals surface area contributed by atoms with Crippen molar-refractivity contribution in [3.05, 3.63) is 65.4 Å². The van der Waals surface area contributed by atoms with Crippen molar-refractivity contribution in [2.45, 2.75) is 13.5 Å². The molecule has 25 heavy (non-hydrogen) atoms. The lowest BCUT2D eigenvalue weighted by Crippen LogP contribution is -2.12. The molecule has 0 atom stereocenters. The van der Waals surface area contributed by atoms with Crippen molar-refractivity contribution < 1.29 is 13.9 Å². The van der Waals surface area contributed by atoms with Gasteiger partial charge < -0.3 is 9.47 Å². The first-order valence-electron chi connectivity index (χ1n) is 8.01. The van der Waals surface area contributed by atoms with Crippen LogP contribution in [0.2, 0.25) is 5.02 Å². The average Bonchev–Trinajstić information content (AvgIpc) is 3.01. The van der Waals surface area contributed by atoms with Crippen molar-refractivity contribution in [3.63, 3.8) is 0 Å². The Kier molecular flexibility index (Phi) is 5.56. The van der Waals surface area contributed by atoms with Crippen molar-refractivity contribution >= 4 is 11.6 Å². The summed E-state index contributed by atoms with van der Waals surface area (Å²) < 4.78 is 26.6. The van der Waals surface area contributed by atoms with Gasteiger partial charge in [-0.05, 0) is 25.1 Å². The summed E-state index contributed by atoms with van der Waals surface area (Å²) in [7, 11) is 0. The average molecular weight is 361 g/mol. The van der Waals surface area contributed by atoms with E-state index < -0.39 is 5.82 Å². The number of hydrogen-bond donors (Lipinski definition) is 0. The smallest absolute Gasteiger partial charge is 0.212 e. The van der Waals surface area contributed by atoms with Crippen LogP contribution >= 0.6 is 11.6 Å². The lowest BCUT2D eigenvalue weighted by molar-refractivity contribution is 0.253. The monoisotopic (exact) mass is 360 g/mol. The van der Waals surface area contributed by atoms with Crippen LogP contribution in [-0.2, 0) is 6.54 Å². The highest BCUT2D eigenvalue weighted by Gasteiger charge is 2.11. The highest BCUT2D eigenvalue weighted by Crippen LogP contribution is 2.24. The normalized spacial score (nSPS) is 10.7. The SMILES string of the molecule is CCOc1cc(-c2ccccc2)nn1CCOc1ccc(Cl)cc1F. The fraction of sp³-hybridized carbons (Fsp3) is 0.211. The van der Waals surface area contributed by atoms with E-state index in [9.17, 15) is 4.39 Å². The van der Waals surface area contributed by atoms with Crippen LogP contribution in [0.15, 0.2) is 54.6 Å². The standard InChI is InChI=1S/C19H18ClFN2O2/c1-2-24-19-13-17(14-6-4-3-5-7-14)22-23(19)10-11-25-18-9-8-15(20)12-16(18)21/h3-9,12-13H,2,10-11H2,1H3. The molecule has 0 bridgehead atoms. The molecule has 0 saturated heterocycles. The van der Waals surface area contributed by atoms with Crippen LogP contribution < -0.4 is 9.47 Å². The van der Waals surface area contributed by atoms with Gasteiger partial charge in [0.15, 0.2) is 11.6 Å². The van der Waals surface area contributed by atoms with Gasteiger partial charge >= 0.3 is 0 Å². The zero-order valence-corrected chi connectivity index (χ0v) is 14.5. The molecule has 4 nitrogen and oxygen atoms in total. The summed E-state index contributed by atoms with van der Waals surface area (Å²) in [4.78, 5) is 0. The Labute approximate surface area is 150 Å². The number of nitrogens with zero attached hydrogens (tertiary/aromatic N) is 2. The Balaban J connectivity index is 1.71. The molecule has 0 aliphatic carbocycles.